The molecule has 2 aliphatic rings. The predicted molar refractivity (Wildman–Crippen MR) is 120 cm³/mol. The predicted octanol–water partition coefficient (Wildman–Crippen LogP) is 1.05. The summed E-state index contributed by atoms with van der Waals surface area (Å²) >= 11 is 4.68. The summed E-state index contributed by atoms with van der Waals surface area (Å²) in [6, 6.07) is -1.10. The molecule has 2 aromatic rings. The van der Waals surface area contributed by atoms with Gasteiger partial charge in [-0.1, -0.05) is 16.9 Å². The number of amides is 2. The van der Waals surface area contributed by atoms with E-state index in [2.05, 4.69) is 29.7 Å². The number of carbonyl (C=O) groups excluding carboxylic acids is 2. The van der Waals surface area contributed by atoms with Gasteiger partial charge in [-0.3, -0.25) is 14.5 Å². The molecular weight excluding hydrogens is 536 g/mol. The topological polar surface area (TPSA) is 173 Å². The molecule has 18 heteroatoms. The third kappa shape index (κ3) is 4.98. The highest BCUT2D eigenvalue weighted by molar-refractivity contribution is 8.01. The molecule has 4 rings (SSSR count). The SMILES string of the molecule is Nc1nc(C(=NOC(F)F)C(=O)NC2C(=O)N3C(C(=O)O)=C(CSc4ncns4)CS[C@H]23)cs1. The second-order valence-corrected chi connectivity index (χ2v) is 10.5. The van der Waals surface area contributed by atoms with Crippen LogP contribution >= 0.6 is 46.4 Å². The number of aromatic nitrogens is 3. The van der Waals surface area contributed by atoms with Gasteiger partial charge in [0.05, 0.1) is 0 Å². The Hall–Kier alpha value is -2.83. The number of thioether (sulfide) groups is 2. The largest absolute Gasteiger partial charge is 0.477 e. The first-order valence-electron chi connectivity index (χ1n) is 9.10. The Morgan fingerprint density at radius 2 is 2.26 bits per heavy atom. The van der Waals surface area contributed by atoms with Gasteiger partial charge in [0.15, 0.2) is 15.2 Å². The lowest BCUT2D eigenvalue weighted by atomic mass is 10.0. The van der Waals surface area contributed by atoms with Crippen molar-refractivity contribution in [2.24, 2.45) is 5.16 Å². The molecule has 34 heavy (non-hydrogen) atoms. The van der Waals surface area contributed by atoms with E-state index in [0.29, 0.717) is 21.4 Å². The number of alkyl halides is 2. The lowest BCUT2D eigenvalue weighted by Gasteiger charge is -2.49. The number of hydrogen-bond donors (Lipinski definition) is 3. The normalized spacial score (nSPS) is 20.3. The van der Waals surface area contributed by atoms with Crippen molar-refractivity contribution in [3.05, 3.63) is 28.7 Å². The van der Waals surface area contributed by atoms with Crippen molar-refractivity contribution < 1.29 is 33.1 Å². The molecule has 12 nitrogen and oxygen atoms in total. The van der Waals surface area contributed by atoms with E-state index in [1.807, 2.05) is 0 Å². The van der Waals surface area contributed by atoms with Crippen molar-refractivity contribution in [1.82, 2.24) is 24.6 Å². The Balaban J connectivity index is 1.50. The number of nitrogens with one attached hydrogen (secondary N) is 1. The minimum Gasteiger partial charge on any atom is -0.477 e. The number of carboxylic acids is 1. The number of carboxylic acid groups (broad SMARTS) is 1. The molecule has 2 atom stereocenters. The van der Waals surface area contributed by atoms with Gasteiger partial charge in [-0.15, -0.1) is 23.1 Å². The highest BCUT2D eigenvalue weighted by Crippen LogP contribution is 2.41. The molecule has 0 radical (unpaired) electrons. The second-order valence-electron chi connectivity index (χ2n) is 6.49. The summed E-state index contributed by atoms with van der Waals surface area (Å²) in [5.41, 5.74) is 5.20. The van der Waals surface area contributed by atoms with E-state index in [9.17, 15) is 28.3 Å². The van der Waals surface area contributed by atoms with E-state index >= 15 is 0 Å². The average molecular weight is 550 g/mol. The highest BCUT2D eigenvalue weighted by atomic mass is 32.2. The third-order valence-corrected chi connectivity index (χ3v) is 8.35. The van der Waals surface area contributed by atoms with Crippen LogP contribution < -0.4 is 11.1 Å². The quantitative estimate of drug-likeness (QED) is 0.177. The van der Waals surface area contributed by atoms with Gasteiger partial charge in [0.2, 0.25) is 0 Å². The Bertz CT molecular complexity index is 1170. The fourth-order valence-electron chi connectivity index (χ4n) is 3.07. The average Bonchev–Trinajstić information content (AvgIpc) is 3.47. The van der Waals surface area contributed by atoms with Crippen LogP contribution in [0.15, 0.2) is 32.5 Å². The molecule has 2 aromatic heterocycles. The van der Waals surface area contributed by atoms with E-state index in [-0.39, 0.29) is 16.5 Å². The van der Waals surface area contributed by atoms with Crippen molar-refractivity contribution in [2.45, 2.75) is 22.4 Å². The number of oxime groups is 1. The molecule has 1 unspecified atom stereocenters. The summed E-state index contributed by atoms with van der Waals surface area (Å²) in [6.45, 7) is -3.28. The van der Waals surface area contributed by atoms with Gasteiger partial charge in [-0.2, -0.15) is 13.2 Å². The van der Waals surface area contributed by atoms with Crippen molar-refractivity contribution in [1.29, 1.82) is 0 Å². The van der Waals surface area contributed by atoms with E-state index in [1.165, 1.54) is 46.8 Å². The zero-order valence-electron chi connectivity index (χ0n) is 16.6. The molecule has 2 aliphatic heterocycles. The summed E-state index contributed by atoms with van der Waals surface area (Å²) < 4.78 is 29.5. The number of fused-ring (bicyclic) bond motifs is 1. The summed E-state index contributed by atoms with van der Waals surface area (Å²) in [5, 5.41) is 16.0. The maximum atomic E-state index is 12.8. The van der Waals surface area contributed by atoms with E-state index in [0.717, 1.165) is 16.2 Å². The van der Waals surface area contributed by atoms with Gasteiger partial charge in [-0.25, -0.2) is 14.8 Å². The molecule has 0 aliphatic carbocycles. The Morgan fingerprint density at radius 3 is 2.88 bits per heavy atom. The maximum Gasteiger partial charge on any atom is 0.407 e. The van der Waals surface area contributed by atoms with Gasteiger partial charge >= 0.3 is 12.6 Å². The van der Waals surface area contributed by atoms with Crippen LogP contribution in [-0.4, -0.2) is 77.4 Å². The lowest BCUT2D eigenvalue weighted by Crippen LogP contribution is -2.71. The van der Waals surface area contributed by atoms with Gasteiger partial charge in [0.25, 0.3) is 11.8 Å². The number of nitrogens with zero attached hydrogens (tertiary/aromatic N) is 5. The first-order chi connectivity index (χ1) is 16.3. The lowest BCUT2D eigenvalue weighted by molar-refractivity contribution is -0.150. The van der Waals surface area contributed by atoms with Gasteiger partial charge < -0.3 is 21.0 Å². The van der Waals surface area contributed by atoms with Crippen molar-refractivity contribution >= 4 is 75.0 Å². The fourth-order valence-corrected chi connectivity index (χ4v) is 6.55. The van der Waals surface area contributed by atoms with Gasteiger partial charge in [0.1, 0.15) is 29.1 Å². The van der Waals surface area contributed by atoms with E-state index in [1.54, 1.807) is 0 Å². The number of halogens is 2. The summed E-state index contributed by atoms with van der Waals surface area (Å²) in [5.74, 6) is -2.34. The standard InChI is InChI=1S/C16H13F2N7O5S4/c17-14(18)30-24-7(6-3-32-15(19)22-6)10(26)23-8-11(27)25-9(13(28)29)5(1-31-12(8)25)2-33-16-20-4-21-34-16/h3-4,8,12,14H,1-2H2,(H2,19,22)(H,23,26)(H,28,29)/t8?,12-/m1/s1. The van der Waals surface area contributed by atoms with E-state index in [4.69, 9.17) is 5.73 Å². The number of thiazole rings is 1. The zero-order valence-corrected chi connectivity index (χ0v) is 19.8. The first kappa shape index (κ1) is 24.3. The van der Waals surface area contributed by atoms with Crippen LogP contribution in [0.4, 0.5) is 13.9 Å². The summed E-state index contributed by atoms with van der Waals surface area (Å²) in [4.78, 5) is 50.3. The fraction of sp³-hybridized carbons (Fsp3) is 0.312. The molecule has 4 N–H and O–H groups in total. The first-order valence-corrected chi connectivity index (χ1v) is 12.8. The van der Waals surface area contributed by atoms with Crippen LogP contribution in [0.5, 0.6) is 0 Å². The molecule has 1 fully saturated rings. The molecule has 0 spiro atoms. The Morgan fingerprint density at radius 1 is 1.47 bits per heavy atom. The van der Waals surface area contributed by atoms with Crippen LogP contribution in [0, 0.1) is 0 Å². The summed E-state index contributed by atoms with van der Waals surface area (Å²) in [7, 11) is 0. The number of nitrogen functional groups attached to an aromatic ring is 1. The molecule has 2 amide bonds. The molecule has 180 valence electrons. The highest BCUT2D eigenvalue weighted by Gasteiger charge is 2.54. The monoisotopic (exact) mass is 549 g/mol. The molecule has 1 saturated heterocycles. The van der Waals surface area contributed by atoms with Crippen LogP contribution in [0.1, 0.15) is 5.69 Å². The number of hydrogen-bond acceptors (Lipinski definition) is 13. The van der Waals surface area contributed by atoms with Crippen molar-refractivity contribution in [3.63, 3.8) is 0 Å². The van der Waals surface area contributed by atoms with Crippen LogP contribution in [0.25, 0.3) is 0 Å². The van der Waals surface area contributed by atoms with Crippen LogP contribution in [-0.2, 0) is 19.2 Å². The van der Waals surface area contributed by atoms with Crippen molar-refractivity contribution in [2.75, 3.05) is 17.2 Å². The minimum atomic E-state index is -3.28. The third-order valence-electron chi connectivity index (χ3n) is 4.45. The number of aliphatic carboxylic acids is 1. The van der Waals surface area contributed by atoms with Gasteiger partial charge in [0, 0.05) is 16.9 Å². The maximum absolute atomic E-state index is 12.8. The number of anilines is 1. The van der Waals surface area contributed by atoms with E-state index < -0.39 is 41.5 Å². The zero-order chi connectivity index (χ0) is 24.4. The number of β-lactam (4-membered cyclic amide) rings is 1. The van der Waals surface area contributed by atoms with Crippen LogP contribution in [0.3, 0.4) is 0 Å². The number of carbonyl (C=O) groups is 3. The smallest absolute Gasteiger partial charge is 0.407 e. The molecular formula is C16H13F2N7O5S4. The molecule has 0 aromatic carbocycles. The molecule has 4 heterocycles. The number of nitrogens with two attached hydrogens (primary N) is 1. The Labute approximate surface area is 205 Å². The molecule has 0 saturated carbocycles. The second kappa shape index (κ2) is 10.2. The van der Waals surface area contributed by atoms with Gasteiger partial charge in [-0.05, 0) is 17.1 Å². The Kier molecular flexibility index (Phi) is 7.29. The van der Waals surface area contributed by atoms with Crippen LogP contribution in [0.2, 0.25) is 0 Å². The minimum absolute atomic E-state index is 0.0662. The van der Waals surface area contributed by atoms with Crippen molar-refractivity contribution in [3.8, 4) is 0 Å². The summed E-state index contributed by atoms with van der Waals surface area (Å²) in [6.07, 6.45) is 1.39. The molecule has 0 bridgehead atoms. The number of rotatable bonds is 9.